The smallest absolute Gasteiger partial charge is 0.229 e. The number of hydrogen-bond donors (Lipinski definition) is 1. The van der Waals surface area contributed by atoms with Crippen molar-refractivity contribution in [2.45, 2.75) is 13.0 Å². The normalized spacial score (nSPS) is 13.4. The highest BCUT2D eigenvalue weighted by atomic mass is 16.5. The Labute approximate surface area is 65.4 Å². The fourth-order valence-corrected chi connectivity index (χ4v) is 0.948. The van der Waals surface area contributed by atoms with Gasteiger partial charge in [-0.1, -0.05) is 0 Å². The molecule has 1 unspecified atom stereocenters. The third-order valence-electron chi connectivity index (χ3n) is 1.62. The molecule has 1 aromatic heterocycles. The van der Waals surface area contributed by atoms with E-state index in [4.69, 9.17) is 9.84 Å². The molecule has 1 aromatic rings. The van der Waals surface area contributed by atoms with Gasteiger partial charge in [0.2, 0.25) is 5.88 Å². The molecule has 0 amide bonds. The molecule has 1 N–H and O–H groups in total. The molecule has 11 heavy (non-hydrogen) atoms. The second-order valence-electron chi connectivity index (χ2n) is 2.45. The first kappa shape index (κ1) is 8.07. The standard InChI is InChI=1S/C7H12N2O2/c1-5(11-3)7-8-6(10)4-9(7)2/h4-5,10H,1-3H3. The van der Waals surface area contributed by atoms with Crippen molar-refractivity contribution >= 4 is 0 Å². The summed E-state index contributed by atoms with van der Waals surface area (Å²) in [6, 6.07) is 0. The maximum absolute atomic E-state index is 8.99. The molecule has 4 nitrogen and oxygen atoms in total. The van der Waals surface area contributed by atoms with Gasteiger partial charge in [0.1, 0.15) is 11.9 Å². The van der Waals surface area contributed by atoms with Gasteiger partial charge < -0.3 is 14.4 Å². The van der Waals surface area contributed by atoms with Crippen LogP contribution in [0.1, 0.15) is 18.9 Å². The van der Waals surface area contributed by atoms with Gasteiger partial charge >= 0.3 is 0 Å². The first-order chi connectivity index (χ1) is 5.15. The van der Waals surface area contributed by atoms with Crippen LogP contribution in [0.2, 0.25) is 0 Å². The molecule has 62 valence electrons. The Hall–Kier alpha value is -1.03. The Morgan fingerprint density at radius 1 is 1.73 bits per heavy atom. The van der Waals surface area contributed by atoms with Crippen LogP contribution in [0.3, 0.4) is 0 Å². The largest absolute Gasteiger partial charge is 0.492 e. The van der Waals surface area contributed by atoms with Crippen molar-refractivity contribution in [3.63, 3.8) is 0 Å². The van der Waals surface area contributed by atoms with Crippen LogP contribution in [0.5, 0.6) is 5.88 Å². The molecule has 0 fully saturated rings. The van der Waals surface area contributed by atoms with Gasteiger partial charge in [-0.3, -0.25) is 0 Å². The number of aromatic nitrogens is 2. The van der Waals surface area contributed by atoms with Gasteiger partial charge in [0, 0.05) is 14.2 Å². The summed E-state index contributed by atoms with van der Waals surface area (Å²) in [7, 11) is 3.42. The fourth-order valence-electron chi connectivity index (χ4n) is 0.948. The van der Waals surface area contributed by atoms with Gasteiger partial charge in [0.15, 0.2) is 0 Å². The summed E-state index contributed by atoms with van der Waals surface area (Å²) in [5.41, 5.74) is 0. The summed E-state index contributed by atoms with van der Waals surface area (Å²) in [6.45, 7) is 1.88. The quantitative estimate of drug-likeness (QED) is 0.690. The highest BCUT2D eigenvalue weighted by molar-refractivity contribution is 5.08. The molecule has 0 bridgehead atoms. The van der Waals surface area contributed by atoms with Crippen molar-refractivity contribution in [3.05, 3.63) is 12.0 Å². The highest BCUT2D eigenvalue weighted by Gasteiger charge is 2.10. The van der Waals surface area contributed by atoms with E-state index in [0.717, 1.165) is 5.82 Å². The van der Waals surface area contributed by atoms with Crippen LogP contribution >= 0.6 is 0 Å². The van der Waals surface area contributed by atoms with Crippen LogP contribution in [0, 0.1) is 0 Å². The molecular formula is C7H12N2O2. The third kappa shape index (κ3) is 1.51. The first-order valence-electron chi connectivity index (χ1n) is 3.40. The second kappa shape index (κ2) is 2.92. The number of aryl methyl sites for hydroxylation is 1. The number of hydrogen-bond acceptors (Lipinski definition) is 3. The van der Waals surface area contributed by atoms with Crippen LogP contribution < -0.4 is 0 Å². The first-order valence-corrected chi connectivity index (χ1v) is 3.40. The van der Waals surface area contributed by atoms with Crippen molar-refractivity contribution in [1.82, 2.24) is 9.55 Å². The molecule has 4 heteroatoms. The zero-order valence-corrected chi connectivity index (χ0v) is 6.90. The second-order valence-corrected chi connectivity index (χ2v) is 2.45. The van der Waals surface area contributed by atoms with Crippen molar-refractivity contribution in [2.24, 2.45) is 7.05 Å². The zero-order chi connectivity index (χ0) is 8.43. The summed E-state index contributed by atoms with van der Waals surface area (Å²) in [6.07, 6.45) is 1.46. The van der Waals surface area contributed by atoms with E-state index in [9.17, 15) is 0 Å². The van der Waals surface area contributed by atoms with Crippen LogP contribution in [-0.2, 0) is 11.8 Å². The number of ether oxygens (including phenoxy) is 1. The number of methoxy groups -OCH3 is 1. The van der Waals surface area contributed by atoms with Gasteiger partial charge in [-0.05, 0) is 6.92 Å². The molecule has 0 spiro atoms. The predicted molar refractivity (Wildman–Crippen MR) is 40.3 cm³/mol. The van der Waals surface area contributed by atoms with E-state index >= 15 is 0 Å². The lowest BCUT2D eigenvalue weighted by atomic mass is 10.4. The average Bonchev–Trinajstić information content (AvgIpc) is 2.28. The number of nitrogens with zero attached hydrogens (tertiary/aromatic N) is 2. The minimum absolute atomic E-state index is 0.0337. The molecule has 0 saturated heterocycles. The van der Waals surface area contributed by atoms with E-state index in [1.807, 2.05) is 14.0 Å². The third-order valence-corrected chi connectivity index (χ3v) is 1.62. The Morgan fingerprint density at radius 3 is 2.73 bits per heavy atom. The summed E-state index contributed by atoms with van der Waals surface area (Å²) in [4.78, 5) is 3.87. The molecular weight excluding hydrogens is 144 g/mol. The van der Waals surface area contributed by atoms with Crippen LogP contribution in [0.25, 0.3) is 0 Å². The van der Waals surface area contributed by atoms with E-state index in [1.54, 1.807) is 17.9 Å². The van der Waals surface area contributed by atoms with E-state index in [-0.39, 0.29) is 12.0 Å². The fraction of sp³-hybridized carbons (Fsp3) is 0.571. The molecule has 0 radical (unpaired) electrons. The Kier molecular flexibility index (Phi) is 2.14. The van der Waals surface area contributed by atoms with E-state index in [1.165, 1.54) is 0 Å². The van der Waals surface area contributed by atoms with Crippen molar-refractivity contribution in [1.29, 1.82) is 0 Å². The van der Waals surface area contributed by atoms with E-state index in [0.29, 0.717) is 0 Å². The summed E-state index contributed by atoms with van der Waals surface area (Å²) in [5.74, 6) is 0.761. The number of imidazole rings is 1. The number of aromatic hydroxyl groups is 1. The Morgan fingerprint density at radius 2 is 2.36 bits per heavy atom. The maximum Gasteiger partial charge on any atom is 0.229 e. The lowest BCUT2D eigenvalue weighted by molar-refractivity contribution is 0.109. The van der Waals surface area contributed by atoms with Crippen molar-refractivity contribution in [3.8, 4) is 5.88 Å². The molecule has 0 saturated carbocycles. The summed E-state index contributed by atoms with van der Waals surface area (Å²) in [5, 5.41) is 8.99. The summed E-state index contributed by atoms with van der Waals surface area (Å²) >= 11 is 0. The van der Waals surface area contributed by atoms with Gasteiger partial charge in [0.25, 0.3) is 0 Å². The number of rotatable bonds is 2. The van der Waals surface area contributed by atoms with E-state index < -0.39 is 0 Å². The highest BCUT2D eigenvalue weighted by Crippen LogP contribution is 2.16. The van der Waals surface area contributed by atoms with Crippen LogP contribution in [0.15, 0.2) is 6.20 Å². The molecule has 0 aromatic carbocycles. The lowest BCUT2D eigenvalue weighted by Gasteiger charge is -2.07. The molecule has 0 aliphatic rings. The SMILES string of the molecule is COC(C)c1nc(O)cn1C. The van der Waals surface area contributed by atoms with Crippen molar-refractivity contribution < 1.29 is 9.84 Å². The maximum atomic E-state index is 8.99. The molecule has 0 aliphatic carbocycles. The Balaban J connectivity index is 2.93. The van der Waals surface area contributed by atoms with Gasteiger partial charge in [0.05, 0.1) is 6.20 Å². The minimum atomic E-state index is -0.0825. The molecule has 1 heterocycles. The van der Waals surface area contributed by atoms with Gasteiger partial charge in [-0.2, -0.15) is 4.98 Å². The monoisotopic (exact) mass is 156 g/mol. The van der Waals surface area contributed by atoms with Gasteiger partial charge in [-0.15, -0.1) is 0 Å². The topological polar surface area (TPSA) is 47.3 Å². The minimum Gasteiger partial charge on any atom is -0.492 e. The van der Waals surface area contributed by atoms with Crippen LogP contribution in [0.4, 0.5) is 0 Å². The molecule has 0 aliphatic heterocycles. The van der Waals surface area contributed by atoms with Crippen molar-refractivity contribution in [2.75, 3.05) is 7.11 Å². The lowest BCUT2D eigenvalue weighted by Crippen LogP contribution is -2.03. The van der Waals surface area contributed by atoms with E-state index in [2.05, 4.69) is 4.98 Å². The molecule has 1 rings (SSSR count). The predicted octanol–water partition coefficient (Wildman–Crippen LogP) is 0.833. The Bertz CT molecular complexity index is 245. The average molecular weight is 156 g/mol. The van der Waals surface area contributed by atoms with Crippen LogP contribution in [-0.4, -0.2) is 21.8 Å². The van der Waals surface area contributed by atoms with Gasteiger partial charge in [-0.25, -0.2) is 0 Å². The summed E-state index contributed by atoms with van der Waals surface area (Å²) < 4.78 is 6.78. The zero-order valence-electron chi connectivity index (χ0n) is 6.90. The molecule has 1 atom stereocenters.